The van der Waals surface area contributed by atoms with E-state index >= 15 is 0 Å². The van der Waals surface area contributed by atoms with Crippen molar-refractivity contribution in [2.75, 3.05) is 19.0 Å². The van der Waals surface area contributed by atoms with Crippen LogP contribution in [0.15, 0.2) is 42.5 Å². The third-order valence-corrected chi connectivity index (χ3v) is 4.16. The lowest BCUT2D eigenvalue weighted by Gasteiger charge is -2.05. The summed E-state index contributed by atoms with van der Waals surface area (Å²) in [5, 5.41) is 3.38. The van der Waals surface area contributed by atoms with Crippen LogP contribution in [0.5, 0.6) is 11.5 Å². The lowest BCUT2D eigenvalue weighted by molar-refractivity contribution is 0.102. The number of carbonyl (C=O) groups excluding carboxylic acids is 1. The van der Waals surface area contributed by atoms with Crippen molar-refractivity contribution >= 4 is 32.6 Å². The van der Waals surface area contributed by atoms with Gasteiger partial charge in [-0.2, -0.15) is 0 Å². The maximum Gasteiger partial charge on any atom is 0.257 e. The number of benzene rings is 2. The van der Waals surface area contributed by atoms with Crippen LogP contribution >= 0.6 is 11.3 Å². The minimum atomic E-state index is -0.211. The van der Waals surface area contributed by atoms with Gasteiger partial charge in [-0.05, 0) is 43.3 Å². The van der Waals surface area contributed by atoms with E-state index in [1.165, 1.54) is 11.3 Å². The Labute approximate surface area is 137 Å². The number of aromatic nitrogens is 1. The highest BCUT2D eigenvalue weighted by atomic mass is 32.1. The molecule has 0 radical (unpaired) electrons. The molecule has 23 heavy (non-hydrogen) atoms. The van der Waals surface area contributed by atoms with Crippen LogP contribution in [-0.2, 0) is 0 Å². The fourth-order valence-corrected chi connectivity index (χ4v) is 3.04. The summed E-state index contributed by atoms with van der Waals surface area (Å²) in [7, 11) is 1.62. The van der Waals surface area contributed by atoms with Gasteiger partial charge in [-0.25, -0.2) is 4.98 Å². The number of rotatable bonds is 5. The topological polar surface area (TPSA) is 60.5 Å². The first-order valence-corrected chi connectivity index (χ1v) is 8.00. The summed E-state index contributed by atoms with van der Waals surface area (Å²) >= 11 is 1.41. The smallest absolute Gasteiger partial charge is 0.257 e. The summed E-state index contributed by atoms with van der Waals surface area (Å²) in [5.74, 6) is 1.23. The number of nitrogens with one attached hydrogen (secondary N) is 1. The minimum Gasteiger partial charge on any atom is -0.497 e. The van der Waals surface area contributed by atoms with Gasteiger partial charge in [0.25, 0.3) is 5.91 Å². The molecule has 6 heteroatoms. The molecular weight excluding hydrogens is 312 g/mol. The Hall–Kier alpha value is -2.60. The molecule has 0 aliphatic heterocycles. The number of carbonyl (C=O) groups is 1. The van der Waals surface area contributed by atoms with Crippen molar-refractivity contribution in [3.63, 3.8) is 0 Å². The van der Waals surface area contributed by atoms with Crippen molar-refractivity contribution in [2.24, 2.45) is 0 Å². The molecule has 3 rings (SSSR count). The second kappa shape index (κ2) is 6.66. The Morgan fingerprint density at radius 1 is 1.22 bits per heavy atom. The van der Waals surface area contributed by atoms with Crippen molar-refractivity contribution in [1.82, 2.24) is 4.98 Å². The minimum absolute atomic E-state index is 0.211. The molecule has 0 aliphatic rings. The van der Waals surface area contributed by atoms with Gasteiger partial charge >= 0.3 is 0 Å². The zero-order chi connectivity index (χ0) is 16.2. The van der Waals surface area contributed by atoms with Crippen LogP contribution in [0.4, 0.5) is 5.13 Å². The van der Waals surface area contributed by atoms with Crippen molar-refractivity contribution in [3.05, 3.63) is 48.0 Å². The van der Waals surface area contributed by atoms with Gasteiger partial charge < -0.3 is 9.47 Å². The molecule has 1 aromatic heterocycles. The summed E-state index contributed by atoms with van der Waals surface area (Å²) in [6, 6.07) is 12.7. The number of ether oxygens (including phenoxy) is 2. The van der Waals surface area contributed by atoms with Crippen molar-refractivity contribution in [3.8, 4) is 11.5 Å². The first-order valence-electron chi connectivity index (χ1n) is 7.18. The zero-order valence-corrected chi connectivity index (χ0v) is 13.6. The van der Waals surface area contributed by atoms with Crippen molar-refractivity contribution < 1.29 is 14.3 Å². The summed E-state index contributed by atoms with van der Waals surface area (Å²) in [5.41, 5.74) is 1.36. The second-order valence-corrected chi connectivity index (χ2v) is 5.80. The van der Waals surface area contributed by atoms with Crippen LogP contribution in [0.3, 0.4) is 0 Å². The molecule has 0 fully saturated rings. The molecule has 3 aromatic rings. The molecule has 0 bridgehead atoms. The second-order valence-electron chi connectivity index (χ2n) is 4.77. The average Bonchev–Trinajstić information content (AvgIpc) is 2.96. The fourth-order valence-electron chi connectivity index (χ4n) is 2.15. The number of amides is 1. The first-order chi connectivity index (χ1) is 11.2. The van der Waals surface area contributed by atoms with E-state index in [1.54, 1.807) is 25.3 Å². The number of hydrogen-bond acceptors (Lipinski definition) is 5. The van der Waals surface area contributed by atoms with Crippen LogP contribution in [0, 0.1) is 0 Å². The SMILES string of the molecule is CCOc1cccc(C(=O)Nc2nc3ccc(OC)cc3s2)c1. The monoisotopic (exact) mass is 328 g/mol. The molecule has 1 heterocycles. The van der Waals surface area contributed by atoms with Gasteiger partial charge in [-0.1, -0.05) is 17.4 Å². The van der Waals surface area contributed by atoms with Crippen LogP contribution < -0.4 is 14.8 Å². The van der Waals surface area contributed by atoms with E-state index < -0.39 is 0 Å². The van der Waals surface area contributed by atoms with Crippen molar-refractivity contribution in [2.45, 2.75) is 6.92 Å². The Bertz CT molecular complexity index is 845. The molecule has 2 aromatic carbocycles. The average molecular weight is 328 g/mol. The zero-order valence-electron chi connectivity index (χ0n) is 12.8. The molecule has 0 spiro atoms. The third kappa shape index (κ3) is 3.43. The lowest BCUT2D eigenvalue weighted by atomic mass is 10.2. The largest absolute Gasteiger partial charge is 0.497 e. The van der Waals surface area contributed by atoms with Gasteiger partial charge in [0, 0.05) is 5.56 Å². The molecule has 0 aliphatic carbocycles. The van der Waals surface area contributed by atoms with Crippen LogP contribution in [-0.4, -0.2) is 24.6 Å². The van der Waals surface area contributed by atoms with Gasteiger partial charge in [-0.15, -0.1) is 0 Å². The quantitative estimate of drug-likeness (QED) is 0.770. The molecule has 5 nitrogen and oxygen atoms in total. The number of hydrogen-bond donors (Lipinski definition) is 1. The van der Waals surface area contributed by atoms with Gasteiger partial charge in [0.05, 0.1) is 23.9 Å². The Morgan fingerprint density at radius 3 is 2.87 bits per heavy atom. The fraction of sp³-hybridized carbons (Fsp3) is 0.176. The molecule has 1 amide bonds. The van der Waals surface area contributed by atoms with Crippen LogP contribution in [0.2, 0.25) is 0 Å². The molecule has 0 unspecified atom stereocenters. The van der Waals surface area contributed by atoms with Crippen LogP contribution in [0.25, 0.3) is 10.2 Å². The highest BCUT2D eigenvalue weighted by molar-refractivity contribution is 7.22. The number of anilines is 1. The van der Waals surface area contributed by atoms with Gasteiger partial charge in [0.2, 0.25) is 0 Å². The molecular formula is C17H16N2O3S. The lowest BCUT2D eigenvalue weighted by Crippen LogP contribution is -2.11. The van der Waals surface area contributed by atoms with E-state index in [2.05, 4.69) is 10.3 Å². The summed E-state index contributed by atoms with van der Waals surface area (Å²) in [4.78, 5) is 16.8. The number of fused-ring (bicyclic) bond motifs is 1. The third-order valence-electron chi connectivity index (χ3n) is 3.22. The van der Waals surface area contributed by atoms with Gasteiger partial charge in [-0.3, -0.25) is 10.1 Å². The van der Waals surface area contributed by atoms with Gasteiger partial charge in [0.15, 0.2) is 5.13 Å². The van der Waals surface area contributed by atoms with E-state index in [1.807, 2.05) is 31.2 Å². The predicted molar refractivity (Wildman–Crippen MR) is 91.7 cm³/mol. The molecule has 0 saturated heterocycles. The predicted octanol–water partition coefficient (Wildman–Crippen LogP) is 3.96. The maximum absolute atomic E-state index is 12.3. The summed E-state index contributed by atoms with van der Waals surface area (Å²) < 4.78 is 11.6. The highest BCUT2D eigenvalue weighted by Gasteiger charge is 2.11. The van der Waals surface area contributed by atoms with Gasteiger partial charge in [0.1, 0.15) is 11.5 Å². The number of thiazole rings is 1. The van der Waals surface area contributed by atoms with Crippen LogP contribution in [0.1, 0.15) is 17.3 Å². The van der Waals surface area contributed by atoms with Crippen molar-refractivity contribution in [1.29, 1.82) is 0 Å². The van der Waals surface area contributed by atoms with E-state index in [-0.39, 0.29) is 5.91 Å². The van der Waals surface area contributed by atoms with E-state index in [0.717, 1.165) is 16.0 Å². The molecule has 0 atom stereocenters. The maximum atomic E-state index is 12.3. The summed E-state index contributed by atoms with van der Waals surface area (Å²) in [6.07, 6.45) is 0. The normalized spacial score (nSPS) is 10.5. The first kappa shape index (κ1) is 15.3. The van der Waals surface area contributed by atoms with E-state index in [4.69, 9.17) is 9.47 Å². The summed E-state index contributed by atoms with van der Waals surface area (Å²) in [6.45, 7) is 2.47. The standard InChI is InChI=1S/C17H16N2O3S/c1-3-22-13-6-4-5-11(9-13)16(20)19-17-18-14-8-7-12(21-2)10-15(14)23-17/h4-10H,3H2,1-2H3,(H,18,19,20). The Morgan fingerprint density at radius 2 is 2.09 bits per heavy atom. The molecule has 1 N–H and O–H groups in total. The van der Waals surface area contributed by atoms with E-state index in [9.17, 15) is 4.79 Å². The Kier molecular flexibility index (Phi) is 4.43. The highest BCUT2D eigenvalue weighted by Crippen LogP contribution is 2.29. The Balaban J connectivity index is 1.80. The molecule has 0 saturated carbocycles. The van der Waals surface area contributed by atoms with E-state index in [0.29, 0.717) is 23.1 Å². The number of methoxy groups -OCH3 is 1. The molecule has 118 valence electrons. The number of nitrogens with zero attached hydrogens (tertiary/aromatic N) is 1.